The molecule has 1 amide bonds. The maximum Gasteiger partial charge on any atom is 0.409 e. The van der Waals surface area contributed by atoms with E-state index in [0.29, 0.717) is 24.2 Å². The van der Waals surface area contributed by atoms with E-state index in [9.17, 15) is 31.1 Å². The maximum atomic E-state index is 12.5. The van der Waals surface area contributed by atoms with Crippen LogP contribution in [0, 0.1) is 5.92 Å². The monoisotopic (exact) mass is 306 g/mol. The van der Waals surface area contributed by atoms with Gasteiger partial charge >= 0.3 is 12.4 Å². The molecule has 0 radical (unpaired) electrons. The topological polar surface area (TPSA) is 46.3 Å². The molecule has 0 heterocycles. The van der Waals surface area contributed by atoms with Gasteiger partial charge in [0.1, 0.15) is 0 Å². The Kier molecular flexibility index (Phi) is 4.94. The van der Waals surface area contributed by atoms with Gasteiger partial charge in [0, 0.05) is 19.1 Å². The van der Waals surface area contributed by atoms with Gasteiger partial charge < -0.3 is 10.6 Å². The molecule has 2 N–H and O–H groups in total. The van der Waals surface area contributed by atoms with Gasteiger partial charge in [0.25, 0.3) is 0 Å². The van der Waals surface area contributed by atoms with Crippen LogP contribution in [0.15, 0.2) is 0 Å². The summed E-state index contributed by atoms with van der Waals surface area (Å²) < 4.78 is 75.0. The quantitative estimate of drug-likeness (QED) is 0.797. The summed E-state index contributed by atoms with van der Waals surface area (Å²) in [7, 11) is 0.947. The Labute approximate surface area is 112 Å². The van der Waals surface area contributed by atoms with Gasteiger partial charge in [0.2, 0.25) is 11.8 Å². The van der Waals surface area contributed by atoms with E-state index in [2.05, 4.69) is 0 Å². The number of alkyl halides is 6. The summed E-state index contributed by atoms with van der Waals surface area (Å²) >= 11 is 0. The lowest BCUT2D eigenvalue weighted by Crippen LogP contribution is -2.56. The summed E-state index contributed by atoms with van der Waals surface area (Å²) in [5, 5.41) is 0. The molecule has 0 aromatic rings. The fourth-order valence-electron chi connectivity index (χ4n) is 2.45. The van der Waals surface area contributed by atoms with Crippen LogP contribution in [0.1, 0.15) is 25.7 Å². The zero-order chi connectivity index (χ0) is 15.7. The molecular weight excluding hydrogens is 290 g/mol. The first-order valence-electron chi connectivity index (χ1n) is 6.12. The third-order valence-electron chi connectivity index (χ3n) is 3.53. The van der Waals surface area contributed by atoms with Gasteiger partial charge in [-0.2, -0.15) is 26.3 Å². The Balaban J connectivity index is 2.95. The van der Waals surface area contributed by atoms with Gasteiger partial charge in [0.05, 0.1) is 0 Å². The van der Waals surface area contributed by atoms with Crippen molar-refractivity contribution in [2.75, 3.05) is 7.05 Å². The molecule has 1 fully saturated rings. The van der Waals surface area contributed by atoms with Gasteiger partial charge in [-0.3, -0.25) is 4.79 Å². The second kappa shape index (κ2) is 5.79. The van der Waals surface area contributed by atoms with Gasteiger partial charge in [0.15, 0.2) is 0 Å². The van der Waals surface area contributed by atoms with Crippen molar-refractivity contribution in [3.63, 3.8) is 0 Å². The molecule has 0 aromatic carbocycles. The normalized spacial score (nSPS) is 24.9. The van der Waals surface area contributed by atoms with E-state index in [1.165, 1.54) is 0 Å². The minimum absolute atomic E-state index is 0.311. The van der Waals surface area contributed by atoms with E-state index >= 15 is 0 Å². The average Bonchev–Trinajstić information content (AvgIpc) is 2.24. The molecule has 0 bridgehead atoms. The molecule has 0 aliphatic heterocycles. The molecule has 1 aliphatic carbocycles. The Morgan fingerprint density at radius 3 is 1.95 bits per heavy atom. The number of halogens is 6. The number of likely N-dealkylation sites (N-methyl/N-ethyl adjacent to an activating group) is 1. The van der Waals surface area contributed by atoms with Crippen molar-refractivity contribution in [1.29, 1.82) is 0 Å². The number of nitrogens with two attached hydrogens (primary N) is 1. The number of carbonyl (C=O) groups excluding carboxylic acids is 1. The van der Waals surface area contributed by atoms with Gasteiger partial charge in [-0.25, -0.2) is 0 Å². The number of hydrogen-bond acceptors (Lipinski definition) is 2. The Morgan fingerprint density at radius 2 is 1.55 bits per heavy atom. The van der Waals surface area contributed by atoms with Crippen LogP contribution in [-0.2, 0) is 4.79 Å². The fraction of sp³-hybridized carbons (Fsp3) is 0.909. The zero-order valence-electron chi connectivity index (χ0n) is 10.8. The summed E-state index contributed by atoms with van der Waals surface area (Å²) in [6, 6.07) is -1.39. The fourth-order valence-corrected chi connectivity index (χ4v) is 2.45. The first kappa shape index (κ1) is 17.1. The zero-order valence-corrected chi connectivity index (χ0v) is 10.8. The molecule has 2 atom stereocenters. The number of carbonyl (C=O) groups is 1. The smallest absolute Gasteiger partial charge is 0.340 e. The van der Waals surface area contributed by atoms with E-state index in [0.717, 1.165) is 13.5 Å². The molecule has 2 unspecified atom stereocenters. The molecule has 0 aromatic heterocycles. The summed E-state index contributed by atoms with van der Waals surface area (Å²) in [4.78, 5) is 12.1. The van der Waals surface area contributed by atoms with Gasteiger partial charge in [-0.05, 0) is 12.8 Å². The predicted molar refractivity (Wildman–Crippen MR) is 58.6 cm³/mol. The highest BCUT2D eigenvalue weighted by Gasteiger charge is 2.62. The highest BCUT2D eigenvalue weighted by atomic mass is 19.4. The van der Waals surface area contributed by atoms with Gasteiger partial charge in [-0.15, -0.1) is 0 Å². The predicted octanol–water partition coefficient (Wildman–Crippen LogP) is 2.46. The maximum absolute atomic E-state index is 12.5. The Morgan fingerprint density at radius 1 is 1.10 bits per heavy atom. The SMILES string of the molecule is CN(C(=O)C(C(F)(F)F)C(F)(F)F)C1CCCCC1N. The standard InChI is InChI=1S/C11H16F6N2O/c1-19(7-5-3-2-4-6(7)18)9(20)8(10(12,13)14)11(15,16)17/h6-8H,2-5,18H2,1H3. The van der Waals surface area contributed by atoms with Crippen molar-refractivity contribution in [2.24, 2.45) is 11.7 Å². The van der Waals surface area contributed by atoms with Crippen molar-refractivity contribution in [3.05, 3.63) is 0 Å². The van der Waals surface area contributed by atoms with Crippen LogP contribution in [0.4, 0.5) is 26.3 Å². The van der Waals surface area contributed by atoms with Gasteiger partial charge in [-0.1, -0.05) is 12.8 Å². The van der Waals surface area contributed by atoms with E-state index in [-0.39, 0.29) is 0 Å². The Hall–Kier alpha value is -0.990. The highest BCUT2D eigenvalue weighted by Crippen LogP contribution is 2.41. The van der Waals surface area contributed by atoms with Crippen molar-refractivity contribution in [2.45, 2.75) is 50.1 Å². The summed E-state index contributed by atoms with van der Waals surface area (Å²) in [6.07, 6.45) is -9.16. The molecule has 0 saturated heterocycles. The van der Waals surface area contributed by atoms with Crippen molar-refractivity contribution < 1.29 is 31.1 Å². The van der Waals surface area contributed by atoms with Crippen LogP contribution >= 0.6 is 0 Å². The second-order valence-corrected chi connectivity index (χ2v) is 4.98. The minimum Gasteiger partial charge on any atom is -0.340 e. The molecule has 9 heteroatoms. The second-order valence-electron chi connectivity index (χ2n) is 4.98. The third-order valence-corrected chi connectivity index (χ3v) is 3.53. The number of hydrogen-bond donors (Lipinski definition) is 1. The summed E-state index contributed by atoms with van der Waals surface area (Å²) in [5.74, 6) is -5.98. The average molecular weight is 306 g/mol. The minimum atomic E-state index is -5.66. The van der Waals surface area contributed by atoms with E-state index in [4.69, 9.17) is 5.73 Å². The molecule has 3 nitrogen and oxygen atoms in total. The lowest BCUT2D eigenvalue weighted by Gasteiger charge is -2.38. The van der Waals surface area contributed by atoms with Crippen LogP contribution in [-0.4, -0.2) is 42.3 Å². The largest absolute Gasteiger partial charge is 0.409 e. The van der Waals surface area contributed by atoms with Crippen LogP contribution in [0.2, 0.25) is 0 Å². The van der Waals surface area contributed by atoms with Crippen molar-refractivity contribution >= 4 is 5.91 Å². The number of nitrogens with zero attached hydrogens (tertiary/aromatic N) is 1. The lowest BCUT2D eigenvalue weighted by molar-refractivity contribution is -0.278. The van der Waals surface area contributed by atoms with Crippen molar-refractivity contribution in [3.8, 4) is 0 Å². The molecule has 1 aliphatic rings. The molecule has 1 rings (SSSR count). The lowest BCUT2D eigenvalue weighted by atomic mass is 9.89. The van der Waals surface area contributed by atoms with E-state index < -0.39 is 36.3 Å². The first-order valence-corrected chi connectivity index (χ1v) is 6.12. The molecule has 20 heavy (non-hydrogen) atoms. The van der Waals surface area contributed by atoms with E-state index in [1.54, 1.807) is 0 Å². The molecule has 0 spiro atoms. The first-order chi connectivity index (χ1) is 8.96. The third kappa shape index (κ3) is 3.77. The summed E-state index contributed by atoms with van der Waals surface area (Å²) in [6.45, 7) is 0. The number of rotatable bonds is 2. The summed E-state index contributed by atoms with van der Waals surface area (Å²) in [5.41, 5.74) is 5.68. The molecule has 118 valence electrons. The highest BCUT2D eigenvalue weighted by molar-refractivity contribution is 5.80. The van der Waals surface area contributed by atoms with Crippen LogP contribution in [0.3, 0.4) is 0 Å². The van der Waals surface area contributed by atoms with Crippen LogP contribution < -0.4 is 5.73 Å². The molecular formula is C11H16F6N2O. The van der Waals surface area contributed by atoms with Crippen molar-refractivity contribution in [1.82, 2.24) is 4.90 Å². The van der Waals surface area contributed by atoms with Crippen LogP contribution in [0.25, 0.3) is 0 Å². The van der Waals surface area contributed by atoms with E-state index in [1.807, 2.05) is 0 Å². The number of amides is 1. The van der Waals surface area contributed by atoms with Crippen LogP contribution in [0.5, 0.6) is 0 Å². The molecule has 1 saturated carbocycles. The Bertz CT molecular complexity index is 340.